The average Bonchev–Trinajstić information content (AvgIpc) is 3.08. The second-order valence-electron chi connectivity index (χ2n) is 7.89. The van der Waals surface area contributed by atoms with Crippen LogP contribution in [0.3, 0.4) is 0 Å². The number of esters is 2. The molecule has 2 atom stereocenters. The van der Waals surface area contributed by atoms with Crippen molar-refractivity contribution in [1.82, 2.24) is 15.1 Å². The van der Waals surface area contributed by atoms with E-state index in [1.807, 2.05) is 4.90 Å². The minimum atomic E-state index is -2.19. The normalized spacial score (nSPS) is 24.9. The van der Waals surface area contributed by atoms with Crippen LogP contribution in [-0.4, -0.2) is 85.0 Å². The molecule has 2 heterocycles. The third kappa shape index (κ3) is 5.14. The lowest BCUT2D eigenvalue weighted by molar-refractivity contribution is -0.192. The molecular weight excluding hydrogens is 341 g/mol. The van der Waals surface area contributed by atoms with Crippen LogP contribution in [0.1, 0.15) is 40.5 Å². The van der Waals surface area contributed by atoms with Gasteiger partial charge in [-0.3, -0.25) is 14.6 Å². The maximum atomic E-state index is 16.1. The first-order valence-corrected chi connectivity index (χ1v) is 9.45. The number of hydrogen-bond acceptors (Lipinski definition) is 7. The Morgan fingerprint density at radius 1 is 1.19 bits per heavy atom. The van der Waals surface area contributed by atoms with Crippen LogP contribution < -0.4 is 5.32 Å². The molecule has 0 amide bonds. The fourth-order valence-corrected chi connectivity index (χ4v) is 3.47. The zero-order valence-corrected chi connectivity index (χ0v) is 16.3. The molecule has 0 spiro atoms. The fraction of sp³-hybridized carbons (Fsp3) is 0.889. The summed E-state index contributed by atoms with van der Waals surface area (Å²) in [5, 5.41) is 3.12. The van der Waals surface area contributed by atoms with Gasteiger partial charge in [-0.25, -0.2) is 9.18 Å². The SMILES string of the molecule is CCOC(=O)CN1CCN([C@@](F)(C(=O)OC(C)(C)C)[C@@H]2CCCN2)CC1. The van der Waals surface area contributed by atoms with Gasteiger partial charge in [-0.05, 0) is 47.1 Å². The topological polar surface area (TPSA) is 71.1 Å². The molecule has 2 fully saturated rings. The standard InChI is InChI=1S/C18H32FN3O4/c1-5-25-15(23)13-21-9-11-22(12-10-21)18(19,14-7-6-8-20-14)16(24)26-17(2,3)4/h14,20H,5-13H2,1-4H3/t14-,18+/m0/s1. The van der Waals surface area contributed by atoms with Gasteiger partial charge in [0.25, 0.3) is 5.79 Å². The van der Waals surface area contributed by atoms with Crippen molar-refractivity contribution in [3.8, 4) is 0 Å². The first-order valence-electron chi connectivity index (χ1n) is 9.45. The summed E-state index contributed by atoms with van der Waals surface area (Å²) in [7, 11) is 0. The molecule has 0 unspecified atom stereocenters. The van der Waals surface area contributed by atoms with Crippen LogP contribution in [0.4, 0.5) is 4.39 Å². The summed E-state index contributed by atoms with van der Waals surface area (Å²) in [4.78, 5) is 27.9. The van der Waals surface area contributed by atoms with Crippen molar-refractivity contribution in [2.75, 3.05) is 45.9 Å². The quantitative estimate of drug-likeness (QED) is 0.548. The molecule has 2 aliphatic heterocycles. The highest BCUT2D eigenvalue weighted by Crippen LogP contribution is 2.31. The van der Waals surface area contributed by atoms with Crippen LogP contribution >= 0.6 is 0 Å². The summed E-state index contributed by atoms with van der Waals surface area (Å²) in [6.45, 7) is 9.93. The summed E-state index contributed by atoms with van der Waals surface area (Å²) >= 11 is 0. The number of alkyl halides is 1. The highest BCUT2D eigenvalue weighted by atomic mass is 19.1. The predicted molar refractivity (Wildman–Crippen MR) is 95.4 cm³/mol. The zero-order valence-electron chi connectivity index (χ0n) is 16.3. The Bertz CT molecular complexity index is 497. The van der Waals surface area contributed by atoms with Crippen LogP contribution in [0.25, 0.3) is 0 Å². The number of carbonyl (C=O) groups is 2. The Kier molecular flexibility index (Phi) is 6.99. The first-order chi connectivity index (χ1) is 12.2. The maximum absolute atomic E-state index is 16.1. The van der Waals surface area contributed by atoms with Crippen LogP contribution in [0.5, 0.6) is 0 Å². The van der Waals surface area contributed by atoms with E-state index in [9.17, 15) is 9.59 Å². The molecule has 8 heteroatoms. The molecule has 2 saturated heterocycles. The van der Waals surface area contributed by atoms with Gasteiger partial charge >= 0.3 is 11.9 Å². The number of piperazine rings is 1. The molecule has 0 saturated carbocycles. The lowest BCUT2D eigenvalue weighted by Gasteiger charge is -2.44. The van der Waals surface area contributed by atoms with Crippen molar-refractivity contribution in [2.24, 2.45) is 0 Å². The van der Waals surface area contributed by atoms with Crippen molar-refractivity contribution in [2.45, 2.75) is 58.0 Å². The van der Waals surface area contributed by atoms with Crippen LogP contribution in [-0.2, 0) is 19.1 Å². The van der Waals surface area contributed by atoms with E-state index in [4.69, 9.17) is 9.47 Å². The van der Waals surface area contributed by atoms with Gasteiger partial charge in [0, 0.05) is 26.2 Å². The Balaban J connectivity index is 2.05. The van der Waals surface area contributed by atoms with Crippen LogP contribution in [0, 0.1) is 0 Å². The maximum Gasteiger partial charge on any atom is 0.361 e. The molecule has 26 heavy (non-hydrogen) atoms. The monoisotopic (exact) mass is 373 g/mol. The molecule has 0 aromatic rings. The third-order valence-electron chi connectivity index (χ3n) is 4.70. The van der Waals surface area contributed by atoms with Crippen molar-refractivity contribution >= 4 is 11.9 Å². The van der Waals surface area contributed by atoms with Gasteiger partial charge in [0.1, 0.15) is 5.60 Å². The van der Waals surface area contributed by atoms with Crippen molar-refractivity contribution in [1.29, 1.82) is 0 Å². The molecule has 0 aromatic heterocycles. The number of carbonyl (C=O) groups excluding carboxylic acids is 2. The third-order valence-corrected chi connectivity index (χ3v) is 4.70. The fourth-order valence-electron chi connectivity index (χ4n) is 3.47. The molecule has 150 valence electrons. The number of nitrogens with one attached hydrogen (secondary N) is 1. The summed E-state index contributed by atoms with van der Waals surface area (Å²) < 4.78 is 26.5. The minimum absolute atomic E-state index is 0.190. The van der Waals surface area contributed by atoms with Gasteiger partial charge in [-0.15, -0.1) is 0 Å². The van der Waals surface area contributed by atoms with Gasteiger partial charge in [0.15, 0.2) is 0 Å². The molecule has 2 rings (SSSR count). The second-order valence-corrected chi connectivity index (χ2v) is 7.89. The zero-order chi connectivity index (χ0) is 19.4. The second kappa shape index (κ2) is 8.63. The highest BCUT2D eigenvalue weighted by molar-refractivity contribution is 5.80. The Morgan fingerprint density at radius 3 is 2.35 bits per heavy atom. The molecule has 7 nitrogen and oxygen atoms in total. The van der Waals surface area contributed by atoms with E-state index in [2.05, 4.69) is 5.32 Å². The van der Waals surface area contributed by atoms with Crippen molar-refractivity contribution in [3.05, 3.63) is 0 Å². The lowest BCUT2D eigenvalue weighted by atomic mass is 10.00. The largest absolute Gasteiger partial charge is 0.465 e. The molecule has 1 N–H and O–H groups in total. The number of hydrogen-bond donors (Lipinski definition) is 1. The number of ether oxygens (including phenoxy) is 2. The lowest BCUT2D eigenvalue weighted by Crippen LogP contribution is -2.66. The smallest absolute Gasteiger partial charge is 0.361 e. The molecular formula is C18H32FN3O4. The predicted octanol–water partition coefficient (Wildman–Crippen LogP) is 0.927. The van der Waals surface area contributed by atoms with E-state index < -0.39 is 23.4 Å². The molecule has 0 radical (unpaired) electrons. The first kappa shape index (κ1) is 21.1. The molecule has 0 aliphatic carbocycles. The number of rotatable bonds is 6. The van der Waals surface area contributed by atoms with E-state index in [0.717, 1.165) is 6.42 Å². The molecule has 0 aromatic carbocycles. The van der Waals surface area contributed by atoms with Gasteiger partial charge in [-0.1, -0.05) is 0 Å². The van der Waals surface area contributed by atoms with Crippen LogP contribution in [0.2, 0.25) is 0 Å². The Morgan fingerprint density at radius 2 is 1.85 bits per heavy atom. The van der Waals surface area contributed by atoms with Crippen LogP contribution in [0.15, 0.2) is 0 Å². The average molecular weight is 373 g/mol. The Labute approximate surface area is 155 Å². The van der Waals surface area contributed by atoms with E-state index in [0.29, 0.717) is 45.8 Å². The van der Waals surface area contributed by atoms with E-state index in [-0.39, 0.29) is 12.5 Å². The summed E-state index contributed by atoms with van der Waals surface area (Å²) in [6.07, 6.45) is 1.43. The van der Waals surface area contributed by atoms with Gasteiger partial charge < -0.3 is 14.8 Å². The van der Waals surface area contributed by atoms with Gasteiger partial charge in [0.05, 0.1) is 19.2 Å². The number of nitrogens with zero attached hydrogens (tertiary/aromatic N) is 2. The highest BCUT2D eigenvalue weighted by Gasteiger charge is 2.54. The van der Waals surface area contributed by atoms with Crippen molar-refractivity contribution in [3.63, 3.8) is 0 Å². The number of halogens is 1. The summed E-state index contributed by atoms with van der Waals surface area (Å²) in [6, 6.07) is -0.575. The summed E-state index contributed by atoms with van der Waals surface area (Å²) in [5.74, 6) is -3.31. The molecule has 0 bridgehead atoms. The van der Waals surface area contributed by atoms with E-state index in [1.165, 1.54) is 0 Å². The Hall–Kier alpha value is -1.25. The van der Waals surface area contributed by atoms with E-state index >= 15 is 4.39 Å². The van der Waals surface area contributed by atoms with Gasteiger partial charge in [0.2, 0.25) is 0 Å². The van der Waals surface area contributed by atoms with Gasteiger partial charge in [-0.2, -0.15) is 0 Å². The minimum Gasteiger partial charge on any atom is -0.465 e. The van der Waals surface area contributed by atoms with E-state index in [1.54, 1.807) is 32.6 Å². The molecule has 2 aliphatic rings. The summed E-state index contributed by atoms with van der Waals surface area (Å²) in [5.41, 5.74) is -0.751. The van der Waals surface area contributed by atoms with Crippen molar-refractivity contribution < 1.29 is 23.5 Å².